The molecule has 6 heterocycles. The molecule has 13 rings (SSSR count). The van der Waals surface area contributed by atoms with Crippen molar-refractivity contribution in [2.45, 2.75) is 62.3 Å². The number of carboxylic acids is 2. The van der Waals surface area contributed by atoms with E-state index in [1.807, 2.05) is 104 Å². The average molecular weight is 1430 g/mol. The molecule has 0 bridgehead atoms. The van der Waals surface area contributed by atoms with Crippen LogP contribution in [0.15, 0.2) is 135 Å². The van der Waals surface area contributed by atoms with Crippen LogP contribution in [0.1, 0.15) is 109 Å². The van der Waals surface area contributed by atoms with Crippen LogP contribution in [0.2, 0.25) is 0 Å². The summed E-state index contributed by atoms with van der Waals surface area (Å²) in [5, 5.41) is 38.1. The van der Waals surface area contributed by atoms with Gasteiger partial charge in [-0.1, -0.05) is 70.1 Å². The van der Waals surface area contributed by atoms with E-state index in [2.05, 4.69) is 54.8 Å². The Kier molecular flexibility index (Phi) is 30.5. The van der Waals surface area contributed by atoms with Gasteiger partial charge < -0.3 is 77.8 Å². The first-order valence-electron chi connectivity index (χ1n) is 29.0. The second-order valence-corrected chi connectivity index (χ2v) is 21.3. The summed E-state index contributed by atoms with van der Waals surface area (Å²) in [6.45, 7) is 17.3. The SMILES string of the molecule is CCOC(=O)c1nc2c(C)ccc(C)c2o1.COC(=O)c1ccc(-c2noc(-c3nc4c(C)ccc(C)c4o3)n2)cc1F.COC(=O)c1ccc(/C(N)=N\O)cc1F.Cc1ccc(C)c2oc(-c3nc(-c4ccc(C(=O)O)c(F)c4)no3)nc12.Cc1ccc(C)c2oc(C(=O)[O-])nc12.[Li+].[Na+].[Na+].[OH-].[OH-]. The number of carboxylic acid groups (broad SMARTS) is 2. The molecule has 6 aromatic heterocycles. The van der Waals surface area contributed by atoms with Crippen molar-refractivity contribution in [3.63, 3.8) is 0 Å². The third-order valence-corrected chi connectivity index (χ3v) is 14.5. The quantitative estimate of drug-likeness (QED) is 0.0319. The van der Waals surface area contributed by atoms with Gasteiger partial charge >= 0.3 is 120 Å². The molecule has 0 saturated carbocycles. The van der Waals surface area contributed by atoms with Gasteiger partial charge in [0.25, 0.3) is 11.8 Å². The number of benzene rings is 7. The largest absolute Gasteiger partial charge is 1.00 e. The second-order valence-electron chi connectivity index (χ2n) is 21.3. The minimum atomic E-state index is -1.39. The summed E-state index contributed by atoms with van der Waals surface area (Å²) in [6.07, 6.45) is 0. The number of nitrogens with zero attached hydrogens (tertiary/aromatic N) is 9. The Morgan fingerprint density at radius 1 is 0.485 bits per heavy atom. The van der Waals surface area contributed by atoms with Gasteiger partial charge in [-0.05, 0) is 155 Å². The number of amidine groups is 1. The van der Waals surface area contributed by atoms with Gasteiger partial charge in [-0.2, -0.15) is 9.97 Å². The minimum Gasteiger partial charge on any atom is -0.870 e. The van der Waals surface area contributed by atoms with E-state index in [0.29, 0.717) is 45.5 Å². The van der Waals surface area contributed by atoms with Crippen molar-refractivity contribution in [2.24, 2.45) is 10.9 Å². The third-order valence-electron chi connectivity index (χ3n) is 14.5. The molecule has 0 aliphatic rings. The van der Waals surface area contributed by atoms with Gasteiger partial charge in [-0.25, -0.2) is 52.3 Å². The van der Waals surface area contributed by atoms with E-state index in [4.69, 9.17) is 47.5 Å². The molecule has 0 aliphatic heterocycles. The fourth-order valence-electron chi connectivity index (χ4n) is 9.21. The predicted octanol–water partition coefficient (Wildman–Crippen LogP) is 2.88. The van der Waals surface area contributed by atoms with Gasteiger partial charge in [0.2, 0.25) is 17.5 Å². The number of hydrogen-bond donors (Lipinski definition) is 3. The predicted molar refractivity (Wildman–Crippen MR) is 344 cm³/mol. The Morgan fingerprint density at radius 3 is 1.17 bits per heavy atom. The van der Waals surface area contributed by atoms with Gasteiger partial charge in [0.05, 0.1) is 37.5 Å². The number of carbonyl (C=O) groups is 5. The number of methoxy groups -OCH3 is 2. The number of aromatic nitrogens is 8. The molecule has 29 nitrogen and oxygen atoms in total. The van der Waals surface area contributed by atoms with Gasteiger partial charge in [0.15, 0.2) is 28.2 Å². The van der Waals surface area contributed by atoms with Gasteiger partial charge in [-0.3, -0.25) is 0 Å². The van der Waals surface area contributed by atoms with Crippen LogP contribution in [0.4, 0.5) is 13.2 Å². The fourth-order valence-corrected chi connectivity index (χ4v) is 9.21. The van der Waals surface area contributed by atoms with E-state index >= 15 is 0 Å². The number of halogens is 3. The number of rotatable bonds is 11. The first-order valence-corrected chi connectivity index (χ1v) is 29.0. The molecule has 103 heavy (non-hydrogen) atoms. The van der Waals surface area contributed by atoms with Crippen molar-refractivity contribution in [3.05, 3.63) is 199 Å². The Hall–Kier alpha value is -10.4. The first-order chi connectivity index (χ1) is 46.7. The molecule has 7 aromatic carbocycles. The molecule has 35 heteroatoms. The molecule has 0 fully saturated rings. The number of carbonyl (C=O) groups excluding carboxylic acids is 4. The number of aromatic carboxylic acids is 2. The summed E-state index contributed by atoms with van der Waals surface area (Å²) < 4.78 is 87.3. The smallest absolute Gasteiger partial charge is 0.870 e. The molecular formula is C68H58F3LiN10Na2O19. The zero-order valence-electron chi connectivity index (χ0n) is 57.7. The Bertz CT molecular complexity index is 5130. The second kappa shape index (κ2) is 37.0. The van der Waals surface area contributed by atoms with Crippen LogP contribution in [0.3, 0.4) is 0 Å². The van der Waals surface area contributed by atoms with Crippen LogP contribution in [0.25, 0.3) is 90.7 Å². The van der Waals surface area contributed by atoms with Crippen molar-refractivity contribution >= 4 is 80.1 Å². The van der Waals surface area contributed by atoms with Crippen molar-refractivity contribution in [1.82, 2.24) is 40.2 Å². The monoisotopic (exact) mass is 1430 g/mol. The first kappa shape index (κ1) is 85.0. The molecule has 0 unspecified atom stereocenters. The third kappa shape index (κ3) is 19.2. The number of oxazole rings is 4. The van der Waals surface area contributed by atoms with Gasteiger partial charge in [-0.15, -0.1) is 0 Å². The van der Waals surface area contributed by atoms with Crippen molar-refractivity contribution in [1.29, 1.82) is 0 Å². The molecule has 13 aromatic rings. The van der Waals surface area contributed by atoms with Crippen LogP contribution >= 0.6 is 0 Å². The van der Waals surface area contributed by atoms with Crippen LogP contribution in [0.5, 0.6) is 0 Å². The van der Waals surface area contributed by atoms with E-state index in [-0.39, 0.29) is 164 Å². The van der Waals surface area contributed by atoms with E-state index < -0.39 is 52.9 Å². The molecule has 0 spiro atoms. The standard InChI is InChI=1S/C19H14FN3O4.C18H12FN3O4.C12H13NO3.C10H9NO3.C9H9FN2O3.Li.2Na.2H2O/c1-9-4-5-10(2)15-14(9)21-17(26-15)18-22-16(23-27-18)11-6-7-12(13(20)8-11)19(24)25-3;1-8-3-4-9(2)14-13(8)20-16(25-14)17-21-15(22-26-17)10-5-6-11(18(23)24)12(19)7-10;1-4-15-12(14)11-13-9-7(2)5-6-8(3)10(9)16-11;1-5-3-4-6(2)8-7(5)11-9(14-8)10(12)13;1-15-9(13)6-3-2-5(4-7(6)10)8(11)12-14;;;;;/h4-8H,1-3H3;3-7H,1-2H3,(H,23,24);5-6H,4H2,1-3H3;3-4H,1-2H3,(H,12,13);2-4,14H,1H3,(H2,11,12);;;;2*1H2/q;;;;;3*+1;;/p-3. The summed E-state index contributed by atoms with van der Waals surface area (Å²) in [4.78, 5) is 80.6. The van der Waals surface area contributed by atoms with Crippen molar-refractivity contribution < 1.29 is 182 Å². The van der Waals surface area contributed by atoms with Crippen molar-refractivity contribution in [3.8, 4) is 46.3 Å². The summed E-state index contributed by atoms with van der Waals surface area (Å²) in [5.41, 5.74) is 17.9. The molecule has 0 aliphatic carbocycles. The van der Waals surface area contributed by atoms with E-state index in [0.717, 1.165) is 86.9 Å². The number of esters is 3. The number of aryl methyl sites for hydroxylation is 8. The zero-order valence-corrected chi connectivity index (χ0v) is 61.7. The number of oxime groups is 1. The zero-order chi connectivity index (χ0) is 71.0. The number of hydrogen-bond acceptors (Lipinski definition) is 27. The molecule has 0 saturated heterocycles. The van der Waals surface area contributed by atoms with E-state index in [1.165, 1.54) is 37.4 Å². The molecule has 0 radical (unpaired) electrons. The van der Waals surface area contributed by atoms with Crippen LogP contribution in [-0.2, 0) is 14.2 Å². The average Bonchev–Trinajstić information content (AvgIpc) is 1.67. The number of nitrogens with two attached hydrogens (primary N) is 1. The van der Waals surface area contributed by atoms with Crippen LogP contribution < -0.4 is 88.8 Å². The summed E-state index contributed by atoms with van der Waals surface area (Å²) in [7, 11) is 2.34. The topological polar surface area (TPSA) is 457 Å². The van der Waals surface area contributed by atoms with Crippen LogP contribution in [0, 0.1) is 72.8 Å². The maximum atomic E-state index is 14.1. The molecular weight excluding hydrogens is 1370 g/mol. The normalized spacial score (nSPS) is 10.5. The number of ether oxygens (including phenoxy) is 3. The Morgan fingerprint density at radius 2 is 0.835 bits per heavy atom. The molecule has 0 amide bonds. The fraction of sp³-hybridized carbons (Fsp3) is 0.176. The maximum absolute atomic E-state index is 14.1. The molecule has 6 N–H and O–H groups in total. The number of fused-ring (bicyclic) bond motifs is 4. The Balaban J connectivity index is 0.000000277. The molecule has 518 valence electrons. The van der Waals surface area contributed by atoms with E-state index in [1.54, 1.807) is 6.92 Å². The van der Waals surface area contributed by atoms with Gasteiger partial charge in [0, 0.05) is 16.7 Å². The van der Waals surface area contributed by atoms with E-state index in [9.17, 15) is 42.3 Å². The Labute approximate surface area is 637 Å². The summed E-state index contributed by atoms with van der Waals surface area (Å²) in [6, 6.07) is 26.5. The maximum Gasteiger partial charge on any atom is 1.00 e. The summed E-state index contributed by atoms with van der Waals surface area (Å²) >= 11 is 0. The summed E-state index contributed by atoms with van der Waals surface area (Å²) in [5.74, 6) is -7.03. The van der Waals surface area contributed by atoms with Crippen LogP contribution in [-0.4, -0.2) is 118 Å². The minimum absolute atomic E-state index is 0. The molecule has 0 atom stereocenters. The van der Waals surface area contributed by atoms with Gasteiger partial charge in [0.1, 0.15) is 45.5 Å². The van der Waals surface area contributed by atoms with Crippen molar-refractivity contribution in [2.75, 3.05) is 20.8 Å².